The molecule has 8 aromatic rings. The summed E-state index contributed by atoms with van der Waals surface area (Å²) in [6, 6.07) is 9.79. The first-order valence-corrected chi connectivity index (χ1v) is 29.4. The third kappa shape index (κ3) is 14.1. The number of ether oxygens (including phenoxy) is 4. The molecule has 2 atom stereocenters. The van der Waals surface area contributed by atoms with Gasteiger partial charge in [-0.05, 0) is 68.4 Å². The Morgan fingerprint density at radius 3 is 1.82 bits per heavy atom. The molecule has 96 heavy (non-hydrogen) atoms. The number of ketones is 1. The Balaban J connectivity index is 0.000000171. The molecule has 2 fully saturated rings. The number of benzene rings is 1. The van der Waals surface area contributed by atoms with Crippen LogP contribution in [0.3, 0.4) is 0 Å². The van der Waals surface area contributed by atoms with Crippen LogP contribution in [-0.2, 0) is 55.0 Å². The summed E-state index contributed by atoms with van der Waals surface area (Å²) in [4.78, 5) is 140. The van der Waals surface area contributed by atoms with Crippen LogP contribution in [0.4, 0.5) is 28.7 Å². The van der Waals surface area contributed by atoms with E-state index < -0.39 is 29.1 Å². The summed E-state index contributed by atoms with van der Waals surface area (Å²) in [5.74, 6) is -0.844. The minimum absolute atomic E-state index is 0.0217. The summed E-state index contributed by atoms with van der Waals surface area (Å²) < 4.78 is 28.9. The summed E-state index contributed by atoms with van der Waals surface area (Å²) in [7, 11) is 18.0. The van der Waals surface area contributed by atoms with Crippen LogP contribution in [0.15, 0.2) is 79.2 Å². The Morgan fingerprint density at radius 1 is 0.667 bits per heavy atom. The highest BCUT2D eigenvalue weighted by molar-refractivity contribution is 6.11. The fourth-order valence-corrected chi connectivity index (χ4v) is 11.3. The maximum atomic E-state index is 13.7. The topological polar surface area (TPSA) is 430 Å². The number of nitrogens with one attached hydrogen (secondary N) is 10. The number of aromatic amines is 2. The van der Waals surface area contributed by atoms with Crippen LogP contribution in [0, 0.1) is 11.3 Å². The first-order chi connectivity index (χ1) is 45.8. The van der Waals surface area contributed by atoms with Gasteiger partial charge in [-0.2, -0.15) is 0 Å². The number of carbonyl (C=O) groups excluding carboxylic acids is 10. The van der Waals surface area contributed by atoms with E-state index in [0.29, 0.717) is 101 Å². The number of fused-ring (bicyclic) bond motifs is 2. The fraction of sp³-hybridized carbons (Fsp3) is 0.306. The SMILES string of the molecule is CN(C)CCNC(=O)c1nc(NC(=O)c2nc(NC=O)cn2C)cn1C.COC(=O)c1cc2c([nH]1)C(=O)C=C1N(C(=O)c3cc4cc(OC)c(OC)c(OC)c4[nH]3)C[C@H]3CC123.Cn1cc(NC(=O)c2cc(NC(=O)c3cc(NC=O)cn3C)cn2C)cc1C(=O)NCCC(=N)N. The molecule has 7 aromatic heterocycles. The quantitative estimate of drug-likeness (QED) is 0.0190. The molecule has 3 aliphatic rings. The number of aromatic nitrogens is 9. The first-order valence-electron chi connectivity index (χ1n) is 29.4. The number of carbonyl (C=O) groups is 10. The average molecular weight is 1320 g/mol. The molecule has 0 bridgehead atoms. The third-order valence-corrected chi connectivity index (χ3v) is 16.0. The van der Waals surface area contributed by atoms with Crippen molar-refractivity contribution < 1.29 is 66.9 Å². The molecule has 34 nitrogen and oxygen atoms in total. The second kappa shape index (κ2) is 28.3. The van der Waals surface area contributed by atoms with Crippen molar-refractivity contribution in [2.75, 3.05) is 95.3 Å². The number of likely N-dealkylation sites (N-methyl/N-ethyl adjacent to an activating group) is 1. The van der Waals surface area contributed by atoms with E-state index in [2.05, 4.69) is 57.2 Å². The number of hydrogen-bond donors (Lipinski definition) is 11. The number of likely N-dealkylation sites (tertiary alicyclic amines) is 1. The van der Waals surface area contributed by atoms with Crippen LogP contribution in [0.2, 0.25) is 0 Å². The van der Waals surface area contributed by atoms with Crippen molar-refractivity contribution in [2.45, 2.75) is 18.3 Å². The lowest BCUT2D eigenvalue weighted by Gasteiger charge is -2.27. The Labute approximate surface area is 547 Å². The second-order valence-corrected chi connectivity index (χ2v) is 22.7. The van der Waals surface area contributed by atoms with Crippen LogP contribution < -0.4 is 57.2 Å². The molecular weight excluding hydrogens is 1250 g/mol. The highest BCUT2D eigenvalue weighted by Gasteiger charge is 2.68. The number of allylic oxidation sites excluding steroid dienone is 2. The van der Waals surface area contributed by atoms with Gasteiger partial charge in [-0.25, -0.2) is 14.8 Å². The van der Waals surface area contributed by atoms with Gasteiger partial charge in [0.25, 0.3) is 35.4 Å². The number of nitrogens with zero attached hydrogens (tertiary/aromatic N) is 9. The van der Waals surface area contributed by atoms with Crippen molar-refractivity contribution in [1.82, 2.24) is 63.2 Å². The van der Waals surface area contributed by atoms with Crippen molar-refractivity contribution >= 4 is 105 Å². The smallest absolute Gasteiger partial charge is 0.354 e. The lowest BCUT2D eigenvalue weighted by atomic mass is 9.85. The van der Waals surface area contributed by atoms with E-state index in [0.717, 1.165) is 17.4 Å². The highest BCUT2D eigenvalue weighted by atomic mass is 16.5. The maximum absolute atomic E-state index is 13.7. The predicted molar refractivity (Wildman–Crippen MR) is 349 cm³/mol. The van der Waals surface area contributed by atoms with Gasteiger partial charge in [0.15, 0.2) is 23.1 Å². The number of amidine groups is 1. The molecular formula is C62H72N20O14. The number of aryl methyl sites for hydroxylation is 5. The maximum Gasteiger partial charge on any atom is 0.354 e. The normalized spacial score (nSPS) is 14.6. The minimum Gasteiger partial charge on any atom is -0.493 e. The number of rotatable bonds is 23. The van der Waals surface area contributed by atoms with E-state index in [1.165, 1.54) is 74.2 Å². The Morgan fingerprint density at radius 2 is 1.24 bits per heavy atom. The van der Waals surface area contributed by atoms with Crippen molar-refractivity contribution in [1.29, 1.82) is 5.41 Å². The Bertz CT molecular complexity index is 4450. The number of methoxy groups -OCH3 is 4. The molecule has 1 aliphatic heterocycles. The second-order valence-electron chi connectivity index (χ2n) is 22.7. The molecule has 1 spiro atoms. The van der Waals surface area contributed by atoms with Gasteiger partial charge >= 0.3 is 5.97 Å². The molecule has 8 amide bonds. The summed E-state index contributed by atoms with van der Waals surface area (Å²) in [6.07, 6.45) is 11.4. The van der Waals surface area contributed by atoms with Gasteiger partial charge in [0.1, 0.15) is 28.5 Å². The molecule has 1 aromatic carbocycles. The zero-order valence-electron chi connectivity index (χ0n) is 54.2. The van der Waals surface area contributed by atoms with Crippen LogP contribution in [0.1, 0.15) is 103 Å². The zero-order chi connectivity index (χ0) is 69.6. The molecule has 12 N–H and O–H groups in total. The van der Waals surface area contributed by atoms with Gasteiger partial charge < -0.3 is 105 Å². The Hall–Kier alpha value is -12.2. The van der Waals surface area contributed by atoms with Crippen LogP contribution in [-0.4, -0.2) is 187 Å². The number of amides is 8. The zero-order valence-corrected chi connectivity index (χ0v) is 54.2. The number of H-pyrrole nitrogens is 2. The van der Waals surface area contributed by atoms with E-state index >= 15 is 0 Å². The number of hydrogen-bond acceptors (Lipinski definition) is 18. The number of nitrogens with two attached hydrogens (primary N) is 1. The van der Waals surface area contributed by atoms with Crippen LogP contribution in [0.25, 0.3) is 10.9 Å². The van der Waals surface area contributed by atoms with E-state index in [-0.39, 0.29) is 82.9 Å². The molecule has 0 radical (unpaired) electrons. The van der Waals surface area contributed by atoms with Crippen LogP contribution >= 0.6 is 0 Å². The number of esters is 1. The van der Waals surface area contributed by atoms with Gasteiger partial charge in [-0.15, -0.1) is 0 Å². The van der Waals surface area contributed by atoms with Gasteiger partial charge in [0, 0.05) is 121 Å². The predicted octanol–water partition coefficient (Wildman–Crippen LogP) is 2.90. The van der Waals surface area contributed by atoms with Crippen molar-refractivity contribution in [3.05, 3.63) is 131 Å². The van der Waals surface area contributed by atoms with E-state index in [1.54, 1.807) is 90.6 Å². The molecule has 1 saturated heterocycles. The van der Waals surface area contributed by atoms with E-state index in [1.807, 2.05) is 19.0 Å². The number of imidazole rings is 2. The lowest BCUT2D eigenvalue weighted by Crippen LogP contribution is -2.33. The van der Waals surface area contributed by atoms with Gasteiger partial charge in [-0.1, -0.05) is 0 Å². The molecule has 2 aliphatic carbocycles. The van der Waals surface area contributed by atoms with Gasteiger partial charge in [-0.3, -0.25) is 48.6 Å². The third-order valence-electron chi connectivity index (χ3n) is 16.0. The van der Waals surface area contributed by atoms with Crippen molar-refractivity contribution in [3.63, 3.8) is 0 Å². The standard InChI is InChI=1S/C25H23N3O7.C22H27N9O4.C15H22N8O3/c1-32-17-6-11-5-14(26-19(11)22(34-3)21(17)33-2)23(30)28-10-12-9-25(12)13-7-15(24(31)35-4)27-20(13)16(29)8-18(25)28;1-29-9-13(26-12-32)6-17(29)21(34)28-15-8-18(31(3)11-15)22(35)27-14-7-16(30(2)10-14)20(33)25-5-4-19(23)24;1-21(2)6-5-16-14(25)12-19-11(8-23(12)4)20-15(26)13-18-10(17-9-24)7-22(13)3/h5-8,12,26-27H,9-10H2,1-4H3;6-12H,4-5H2,1-3H3,(H3,23,24)(H,25,33)(H,26,32)(H,27,35)(H,28,34);7-9H,5-6H2,1-4H3,(H,16,25)(H,17,24)(H,20,26)/t12-,25?;;/m1../s1. The first kappa shape index (κ1) is 68.1. The molecule has 504 valence electrons. The highest BCUT2D eigenvalue weighted by Crippen LogP contribution is 2.67. The molecule has 1 saturated carbocycles. The molecule has 34 heteroatoms. The van der Waals surface area contributed by atoms with Crippen LogP contribution in [0.5, 0.6) is 17.2 Å². The monoisotopic (exact) mass is 1320 g/mol. The lowest BCUT2D eigenvalue weighted by molar-refractivity contribution is -0.106. The summed E-state index contributed by atoms with van der Waals surface area (Å²) >= 11 is 0. The van der Waals surface area contributed by atoms with Gasteiger partial charge in [0.05, 0.1) is 62.5 Å². The largest absolute Gasteiger partial charge is 0.493 e. The Kier molecular flexibility index (Phi) is 20.1. The van der Waals surface area contributed by atoms with E-state index in [9.17, 15) is 47.9 Å². The van der Waals surface area contributed by atoms with Gasteiger partial charge in [0.2, 0.25) is 36.0 Å². The average Bonchev–Trinajstić information content (AvgIpc) is 1.50. The van der Waals surface area contributed by atoms with Crippen molar-refractivity contribution in [3.8, 4) is 17.2 Å². The molecule has 11 rings (SSSR count). The summed E-state index contributed by atoms with van der Waals surface area (Å²) in [5.41, 5.74) is 10.1. The molecule has 1 unspecified atom stereocenters. The number of piperidine rings is 1. The fourth-order valence-electron chi connectivity index (χ4n) is 11.3. The number of anilines is 5. The summed E-state index contributed by atoms with van der Waals surface area (Å²) in [5, 5.41) is 26.3. The van der Waals surface area contributed by atoms with E-state index in [4.69, 9.17) is 30.1 Å². The minimum atomic E-state index is -0.536. The van der Waals surface area contributed by atoms with Crippen molar-refractivity contribution in [2.24, 2.45) is 46.9 Å². The molecule has 8 heterocycles. The summed E-state index contributed by atoms with van der Waals surface area (Å²) in [6.45, 7) is 1.90.